The van der Waals surface area contributed by atoms with Crippen LogP contribution < -0.4 is 20.9 Å². The van der Waals surface area contributed by atoms with E-state index in [1.165, 1.54) is 5.56 Å². The Hall–Kier alpha value is -2.61. The van der Waals surface area contributed by atoms with E-state index in [0.29, 0.717) is 24.3 Å². The second-order valence-corrected chi connectivity index (χ2v) is 7.94. The maximum Gasteiger partial charge on any atom is 0.307 e. The van der Waals surface area contributed by atoms with Crippen molar-refractivity contribution < 1.29 is 19.7 Å². The van der Waals surface area contributed by atoms with Gasteiger partial charge in [0.25, 0.3) is 0 Å². The smallest absolute Gasteiger partial charge is 0.307 e. The lowest BCUT2D eigenvalue weighted by atomic mass is 9.74. The summed E-state index contributed by atoms with van der Waals surface area (Å²) in [5.41, 5.74) is 9.51. The van der Waals surface area contributed by atoms with Crippen LogP contribution in [0.1, 0.15) is 49.0 Å². The molecule has 0 aliphatic carbocycles. The highest BCUT2D eigenvalue weighted by atomic mass is 16.5. The number of hydrazine groups is 1. The number of phenols is 1. The molecule has 2 aromatic carbocycles. The lowest BCUT2D eigenvalue weighted by Crippen LogP contribution is -2.53. The molecular weight excluding hydrogens is 382 g/mol. The number of aromatic hydroxyl groups is 1. The Kier molecular flexibility index (Phi) is 5.94. The lowest BCUT2D eigenvalue weighted by Gasteiger charge is -2.39. The predicted octanol–water partition coefficient (Wildman–Crippen LogP) is 2.88. The Morgan fingerprint density at radius 1 is 1.13 bits per heavy atom. The van der Waals surface area contributed by atoms with E-state index in [-0.39, 0.29) is 29.9 Å². The molecule has 7 nitrogen and oxygen atoms in total. The molecule has 2 heterocycles. The largest absolute Gasteiger partial charge is 0.504 e. The molecule has 2 aliphatic rings. The topological polar surface area (TPSA) is 103 Å². The number of aliphatic carboxylic acids is 1. The third kappa shape index (κ3) is 3.76. The van der Waals surface area contributed by atoms with E-state index >= 15 is 0 Å². The van der Waals surface area contributed by atoms with Crippen LogP contribution in [0.2, 0.25) is 0 Å². The summed E-state index contributed by atoms with van der Waals surface area (Å²) < 4.78 is 5.50. The summed E-state index contributed by atoms with van der Waals surface area (Å²) in [4.78, 5) is 12.2. The molecule has 2 aliphatic heterocycles. The number of hydrogen-bond acceptors (Lipinski definition) is 6. The number of carboxylic acid groups (broad SMARTS) is 1. The van der Waals surface area contributed by atoms with Gasteiger partial charge in [-0.05, 0) is 37.0 Å². The number of benzene rings is 2. The monoisotopic (exact) mass is 411 g/mol. The maximum atomic E-state index is 12.2. The summed E-state index contributed by atoms with van der Waals surface area (Å²) in [5, 5.41) is 24.2. The van der Waals surface area contributed by atoms with Crippen LogP contribution in [-0.2, 0) is 11.2 Å². The summed E-state index contributed by atoms with van der Waals surface area (Å²) >= 11 is 0. The molecule has 2 aromatic rings. The van der Waals surface area contributed by atoms with E-state index in [1.807, 2.05) is 19.1 Å². The quantitative estimate of drug-likeness (QED) is 0.498. The van der Waals surface area contributed by atoms with E-state index in [1.54, 1.807) is 6.07 Å². The van der Waals surface area contributed by atoms with Gasteiger partial charge in [-0.1, -0.05) is 43.3 Å². The van der Waals surface area contributed by atoms with Crippen LogP contribution in [0.15, 0.2) is 42.5 Å². The van der Waals surface area contributed by atoms with Gasteiger partial charge in [-0.15, -0.1) is 0 Å². The minimum absolute atomic E-state index is 0.0668. The van der Waals surface area contributed by atoms with Crippen LogP contribution in [0.25, 0.3) is 0 Å². The first kappa shape index (κ1) is 20.7. The Morgan fingerprint density at radius 2 is 1.90 bits per heavy atom. The third-order valence-electron chi connectivity index (χ3n) is 6.27. The molecule has 7 heteroatoms. The zero-order valence-electron chi connectivity index (χ0n) is 17.3. The highest BCUT2D eigenvalue weighted by Crippen LogP contribution is 2.45. The number of carboxylic acids is 1. The van der Waals surface area contributed by atoms with Crippen LogP contribution in [-0.4, -0.2) is 29.0 Å². The van der Waals surface area contributed by atoms with Crippen molar-refractivity contribution in [3.8, 4) is 11.5 Å². The minimum atomic E-state index is -0.822. The fraction of sp³-hybridized carbons (Fsp3) is 0.435. The Balaban J connectivity index is 1.61. The van der Waals surface area contributed by atoms with E-state index in [2.05, 4.69) is 47.4 Å². The summed E-state index contributed by atoms with van der Waals surface area (Å²) in [7, 11) is 0. The van der Waals surface area contributed by atoms with Crippen LogP contribution in [0.4, 0.5) is 0 Å². The van der Waals surface area contributed by atoms with Crippen molar-refractivity contribution in [1.82, 2.24) is 16.2 Å². The van der Waals surface area contributed by atoms with Crippen LogP contribution in [0.5, 0.6) is 11.5 Å². The first-order valence-electron chi connectivity index (χ1n) is 10.6. The molecule has 160 valence electrons. The van der Waals surface area contributed by atoms with Crippen LogP contribution >= 0.6 is 0 Å². The molecule has 0 bridgehead atoms. The van der Waals surface area contributed by atoms with Gasteiger partial charge in [-0.3, -0.25) is 10.1 Å². The molecule has 5 atom stereocenters. The third-order valence-corrected chi connectivity index (χ3v) is 6.27. The van der Waals surface area contributed by atoms with Gasteiger partial charge in [0.2, 0.25) is 0 Å². The molecule has 0 aromatic heterocycles. The van der Waals surface area contributed by atoms with E-state index < -0.39 is 11.9 Å². The minimum Gasteiger partial charge on any atom is -0.504 e. The van der Waals surface area contributed by atoms with Crippen molar-refractivity contribution in [2.75, 3.05) is 6.61 Å². The molecule has 0 amide bonds. The zero-order chi connectivity index (χ0) is 21.3. The summed E-state index contributed by atoms with van der Waals surface area (Å²) in [6.07, 6.45) is 1.11. The Bertz CT molecular complexity index is 902. The molecule has 0 radical (unpaired) electrons. The van der Waals surface area contributed by atoms with Gasteiger partial charge >= 0.3 is 5.97 Å². The van der Waals surface area contributed by atoms with Crippen molar-refractivity contribution in [2.24, 2.45) is 11.8 Å². The van der Waals surface area contributed by atoms with Crippen molar-refractivity contribution >= 4 is 5.97 Å². The molecule has 30 heavy (non-hydrogen) atoms. The van der Waals surface area contributed by atoms with E-state index in [0.717, 1.165) is 12.0 Å². The normalized spacial score (nSPS) is 28.1. The lowest BCUT2D eigenvalue weighted by molar-refractivity contribution is -0.146. The Labute approximate surface area is 176 Å². The van der Waals surface area contributed by atoms with Crippen molar-refractivity contribution in [2.45, 2.75) is 44.9 Å². The maximum absolute atomic E-state index is 12.2. The molecule has 0 spiro atoms. The van der Waals surface area contributed by atoms with Gasteiger partial charge in [-0.25, -0.2) is 10.9 Å². The summed E-state index contributed by atoms with van der Waals surface area (Å²) in [6, 6.07) is 13.3. The second-order valence-electron chi connectivity index (χ2n) is 7.94. The van der Waals surface area contributed by atoms with Gasteiger partial charge in [0.15, 0.2) is 11.5 Å². The first-order valence-corrected chi connectivity index (χ1v) is 10.6. The molecule has 0 saturated carbocycles. The number of para-hydroxylation sites is 1. The molecular formula is C23H29N3O4. The van der Waals surface area contributed by atoms with Crippen LogP contribution in [0, 0.1) is 11.8 Å². The van der Waals surface area contributed by atoms with Crippen LogP contribution in [0.3, 0.4) is 0 Å². The molecule has 5 N–H and O–H groups in total. The average Bonchev–Trinajstić information content (AvgIpc) is 3.18. The average molecular weight is 412 g/mol. The number of piperidine rings is 1. The van der Waals surface area contributed by atoms with Crippen molar-refractivity contribution in [1.29, 1.82) is 0 Å². The highest BCUT2D eigenvalue weighted by Gasteiger charge is 2.49. The second kappa shape index (κ2) is 8.63. The molecule has 4 rings (SSSR count). The number of hydrogen-bond donors (Lipinski definition) is 5. The number of aryl methyl sites for hydroxylation is 1. The van der Waals surface area contributed by atoms with Gasteiger partial charge in [0, 0.05) is 17.5 Å². The van der Waals surface area contributed by atoms with Crippen molar-refractivity contribution in [3.63, 3.8) is 0 Å². The van der Waals surface area contributed by atoms with Gasteiger partial charge in [-0.2, -0.15) is 0 Å². The van der Waals surface area contributed by atoms with Crippen molar-refractivity contribution in [3.05, 3.63) is 59.2 Å². The van der Waals surface area contributed by atoms with Gasteiger partial charge < -0.3 is 14.9 Å². The number of phenolic OH excluding ortho intramolecular Hbond substituents is 1. The number of carbonyl (C=O) groups is 1. The summed E-state index contributed by atoms with van der Waals surface area (Å²) in [5.74, 6) is -1.08. The number of nitrogens with one attached hydrogen (secondary N) is 3. The predicted molar refractivity (Wildman–Crippen MR) is 113 cm³/mol. The number of fused-ring (bicyclic) bond motifs is 1. The van der Waals surface area contributed by atoms with Gasteiger partial charge in [0.1, 0.15) is 0 Å². The number of ether oxygens (including phenoxy) is 1. The fourth-order valence-electron chi connectivity index (χ4n) is 4.72. The summed E-state index contributed by atoms with van der Waals surface area (Å²) in [6.45, 7) is 4.42. The standard InChI is InChI=1S/C23H29N3O4/c1-3-13-8-10-14(11-9-13)20-19-16(23(28)29)12-17(24-22(19)26-25-20)15-6-5-7-18(21(15)27)30-4-2/h5-11,16-17,19-20,22,24-27H,3-4,12H2,1-2H3,(H,28,29). The van der Waals surface area contributed by atoms with E-state index in [4.69, 9.17) is 4.74 Å². The fourth-order valence-corrected chi connectivity index (χ4v) is 4.72. The van der Waals surface area contributed by atoms with Gasteiger partial charge in [0.05, 0.1) is 24.7 Å². The SMILES string of the molecule is CCOc1cccc(C2CC(C(=O)O)C3C(NNC3c3ccc(CC)cc3)N2)c1O. The first-order chi connectivity index (χ1) is 14.5. The molecule has 2 fully saturated rings. The molecule has 2 saturated heterocycles. The number of rotatable bonds is 6. The van der Waals surface area contributed by atoms with E-state index in [9.17, 15) is 15.0 Å². The molecule has 5 unspecified atom stereocenters. The Morgan fingerprint density at radius 3 is 2.57 bits per heavy atom. The zero-order valence-corrected chi connectivity index (χ0v) is 17.3. The highest BCUT2D eigenvalue weighted by molar-refractivity contribution is 5.71.